The van der Waals surface area contributed by atoms with Gasteiger partial charge in [0.1, 0.15) is 0 Å². The molecule has 0 bridgehead atoms. The van der Waals surface area contributed by atoms with E-state index in [-0.39, 0.29) is 11.8 Å². The Morgan fingerprint density at radius 2 is 1.76 bits per heavy atom. The summed E-state index contributed by atoms with van der Waals surface area (Å²) in [5.41, 5.74) is -0.518. The Kier molecular flexibility index (Phi) is 3.06. The van der Waals surface area contributed by atoms with Gasteiger partial charge in [-0.2, -0.15) is 0 Å². The minimum absolute atomic E-state index is 0.365. The van der Waals surface area contributed by atoms with E-state index in [9.17, 15) is 14.4 Å². The van der Waals surface area contributed by atoms with Gasteiger partial charge >= 0.3 is 5.97 Å². The SMILES string of the molecule is COC(=O)C1(OC)CCC1N1C(=O)c2ccccc2C1=O. The van der Waals surface area contributed by atoms with E-state index >= 15 is 0 Å². The highest BCUT2D eigenvalue weighted by Crippen LogP contribution is 2.43. The van der Waals surface area contributed by atoms with E-state index in [2.05, 4.69) is 0 Å². The van der Waals surface area contributed by atoms with Gasteiger partial charge in [0.05, 0.1) is 24.3 Å². The molecule has 0 radical (unpaired) electrons. The number of benzene rings is 1. The van der Waals surface area contributed by atoms with Crippen molar-refractivity contribution in [3.05, 3.63) is 35.4 Å². The van der Waals surface area contributed by atoms with Gasteiger partial charge in [-0.25, -0.2) is 4.79 Å². The molecule has 1 saturated carbocycles. The Bertz CT molecular complexity index is 602. The standard InChI is InChI=1S/C15H15NO5/c1-20-14(19)15(21-2)8-7-11(15)16-12(17)9-5-3-4-6-10(9)13(16)18/h3-6,11H,7-8H2,1-2H3. The van der Waals surface area contributed by atoms with Crippen LogP contribution in [0.15, 0.2) is 24.3 Å². The molecule has 2 aliphatic rings. The van der Waals surface area contributed by atoms with Gasteiger partial charge in [-0.1, -0.05) is 12.1 Å². The maximum absolute atomic E-state index is 12.5. The van der Waals surface area contributed by atoms with Crippen molar-refractivity contribution in [2.24, 2.45) is 0 Å². The van der Waals surface area contributed by atoms with Crippen LogP contribution < -0.4 is 0 Å². The molecule has 21 heavy (non-hydrogen) atoms. The lowest BCUT2D eigenvalue weighted by molar-refractivity contribution is -0.188. The van der Waals surface area contributed by atoms with Crippen LogP contribution in [-0.4, -0.2) is 48.5 Å². The quantitative estimate of drug-likeness (QED) is 0.613. The molecule has 1 aliphatic heterocycles. The van der Waals surface area contributed by atoms with Crippen molar-refractivity contribution in [1.29, 1.82) is 0 Å². The maximum Gasteiger partial charge on any atom is 0.340 e. The van der Waals surface area contributed by atoms with Crippen LogP contribution in [-0.2, 0) is 14.3 Å². The van der Waals surface area contributed by atoms with Crippen LogP contribution in [0.25, 0.3) is 0 Å². The van der Waals surface area contributed by atoms with Gasteiger partial charge in [-0.3, -0.25) is 14.5 Å². The Balaban J connectivity index is 1.98. The van der Waals surface area contributed by atoms with Crippen molar-refractivity contribution in [3.63, 3.8) is 0 Å². The van der Waals surface area contributed by atoms with Crippen LogP contribution in [0.4, 0.5) is 0 Å². The van der Waals surface area contributed by atoms with Crippen LogP contribution in [0.3, 0.4) is 0 Å². The predicted molar refractivity (Wildman–Crippen MR) is 71.7 cm³/mol. The summed E-state index contributed by atoms with van der Waals surface area (Å²) in [5.74, 6) is -1.32. The molecule has 1 aromatic rings. The second kappa shape index (κ2) is 4.66. The van der Waals surface area contributed by atoms with Crippen LogP contribution >= 0.6 is 0 Å². The van der Waals surface area contributed by atoms with Gasteiger partial charge in [0.15, 0.2) is 5.60 Å². The van der Waals surface area contributed by atoms with E-state index in [0.717, 1.165) is 4.90 Å². The zero-order chi connectivity index (χ0) is 15.2. The number of hydrogen-bond donors (Lipinski definition) is 0. The van der Waals surface area contributed by atoms with Crippen molar-refractivity contribution < 1.29 is 23.9 Å². The molecule has 1 heterocycles. The monoisotopic (exact) mass is 289 g/mol. The molecule has 2 unspecified atom stereocenters. The summed E-state index contributed by atoms with van der Waals surface area (Å²) in [6, 6.07) is 6.01. The van der Waals surface area contributed by atoms with E-state index < -0.39 is 17.6 Å². The normalized spacial score (nSPS) is 27.3. The molecule has 1 fully saturated rings. The average Bonchev–Trinajstić information content (AvgIpc) is 2.73. The highest BCUT2D eigenvalue weighted by atomic mass is 16.6. The summed E-state index contributed by atoms with van der Waals surface area (Å²) in [6.07, 6.45) is 0.947. The third kappa shape index (κ3) is 1.65. The van der Waals surface area contributed by atoms with Gasteiger partial charge in [0.25, 0.3) is 11.8 Å². The fourth-order valence-corrected chi connectivity index (χ4v) is 3.10. The molecule has 1 aromatic carbocycles. The average molecular weight is 289 g/mol. The smallest absolute Gasteiger partial charge is 0.340 e. The summed E-state index contributed by atoms with van der Waals surface area (Å²) < 4.78 is 10.1. The first-order valence-corrected chi connectivity index (χ1v) is 6.67. The fourth-order valence-electron chi connectivity index (χ4n) is 3.10. The molecule has 1 aliphatic carbocycles. The van der Waals surface area contributed by atoms with Crippen molar-refractivity contribution >= 4 is 17.8 Å². The molecule has 3 rings (SSSR count). The zero-order valence-corrected chi connectivity index (χ0v) is 11.8. The number of ether oxygens (including phenoxy) is 2. The van der Waals surface area contributed by atoms with Crippen molar-refractivity contribution in [1.82, 2.24) is 4.90 Å². The van der Waals surface area contributed by atoms with Gasteiger partial charge in [0, 0.05) is 7.11 Å². The Morgan fingerprint density at radius 3 is 2.14 bits per heavy atom. The number of methoxy groups -OCH3 is 2. The second-order valence-corrected chi connectivity index (χ2v) is 5.17. The number of rotatable bonds is 3. The topological polar surface area (TPSA) is 72.9 Å². The third-order valence-electron chi connectivity index (χ3n) is 4.36. The summed E-state index contributed by atoms with van der Waals surface area (Å²) >= 11 is 0. The summed E-state index contributed by atoms with van der Waals surface area (Å²) in [4.78, 5) is 38.0. The highest BCUT2D eigenvalue weighted by Gasteiger charge is 2.60. The summed E-state index contributed by atoms with van der Waals surface area (Å²) in [7, 11) is 2.65. The van der Waals surface area contributed by atoms with Gasteiger partial charge in [-0.05, 0) is 25.0 Å². The Labute approximate surface area is 121 Å². The largest absolute Gasteiger partial charge is 0.467 e. The lowest BCUT2D eigenvalue weighted by Gasteiger charge is -2.48. The number of fused-ring (bicyclic) bond motifs is 1. The van der Waals surface area contributed by atoms with Gasteiger partial charge in [0.2, 0.25) is 0 Å². The molecule has 0 spiro atoms. The lowest BCUT2D eigenvalue weighted by atomic mass is 9.73. The molecule has 0 aromatic heterocycles. The number of carbonyl (C=O) groups excluding carboxylic acids is 3. The molecule has 2 amide bonds. The number of esters is 1. The molecular formula is C15H15NO5. The number of nitrogens with zero attached hydrogens (tertiary/aromatic N) is 1. The van der Waals surface area contributed by atoms with Crippen molar-refractivity contribution in [3.8, 4) is 0 Å². The first kappa shape index (κ1) is 13.8. The summed E-state index contributed by atoms with van der Waals surface area (Å²) in [5, 5.41) is 0. The minimum Gasteiger partial charge on any atom is -0.467 e. The predicted octanol–water partition coefficient (Wildman–Crippen LogP) is 1.00. The zero-order valence-electron chi connectivity index (χ0n) is 11.8. The third-order valence-corrected chi connectivity index (χ3v) is 4.36. The summed E-state index contributed by atoms with van der Waals surface area (Å²) in [6.45, 7) is 0. The van der Waals surface area contributed by atoms with Crippen molar-refractivity contribution in [2.75, 3.05) is 14.2 Å². The van der Waals surface area contributed by atoms with E-state index in [0.29, 0.717) is 24.0 Å². The van der Waals surface area contributed by atoms with Crippen LogP contribution in [0.1, 0.15) is 33.6 Å². The number of hydrogen-bond acceptors (Lipinski definition) is 5. The first-order chi connectivity index (χ1) is 10.1. The van der Waals surface area contributed by atoms with Gasteiger partial charge < -0.3 is 9.47 Å². The number of imide groups is 1. The second-order valence-electron chi connectivity index (χ2n) is 5.17. The van der Waals surface area contributed by atoms with Crippen molar-refractivity contribution in [2.45, 2.75) is 24.5 Å². The number of amides is 2. The van der Waals surface area contributed by atoms with Crippen LogP contribution in [0.5, 0.6) is 0 Å². The molecule has 0 N–H and O–H groups in total. The molecule has 2 atom stereocenters. The number of carbonyl (C=O) groups is 3. The van der Waals surface area contributed by atoms with Gasteiger partial charge in [-0.15, -0.1) is 0 Å². The molecule has 6 heteroatoms. The minimum atomic E-state index is -1.25. The van der Waals surface area contributed by atoms with Crippen LogP contribution in [0.2, 0.25) is 0 Å². The Morgan fingerprint density at radius 1 is 1.19 bits per heavy atom. The van der Waals surface area contributed by atoms with E-state index in [1.54, 1.807) is 24.3 Å². The molecule has 0 saturated heterocycles. The van der Waals surface area contributed by atoms with E-state index in [4.69, 9.17) is 9.47 Å². The lowest BCUT2D eigenvalue weighted by Crippen LogP contribution is -2.66. The fraction of sp³-hybridized carbons (Fsp3) is 0.400. The first-order valence-electron chi connectivity index (χ1n) is 6.67. The Hall–Kier alpha value is -2.21. The molecule has 6 nitrogen and oxygen atoms in total. The molecular weight excluding hydrogens is 274 g/mol. The maximum atomic E-state index is 12.5. The highest BCUT2D eigenvalue weighted by molar-refractivity contribution is 6.21. The molecule has 110 valence electrons. The van der Waals surface area contributed by atoms with Crippen LogP contribution in [0, 0.1) is 0 Å². The van der Waals surface area contributed by atoms with E-state index in [1.165, 1.54) is 14.2 Å². The van der Waals surface area contributed by atoms with E-state index in [1.807, 2.05) is 0 Å².